The number of hydrogen-bond acceptors (Lipinski definition) is 5. The number of anilines is 1. The van der Waals surface area contributed by atoms with Crippen LogP contribution in [-0.4, -0.2) is 30.2 Å². The van der Waals surface area contributed by atoms with Gasteiger partial charge in [-0.1, -0.05) is 38.8 Å². The van der Waals surface area contributed by atoms with Gasteiger partial charge >= 0.3 is 0 Å². The summed E-state index contributed by atoms with van der Waals surface area (Å²) in [7, 11) is 1.77. The minimum atomic E-state index is -1.22. The number of aryl methyl sites for hydroxylation is 1. The number of rotatable bonds is 1. The van der Waals surface area contributed by atoms with Gasteiger partial charge in [0.2, 0.25) is 5.82 Å². The molecule has 0 amide bonds. The highest BCUT2D eigenvalue weighted by Crippen LogP contribution is 2.29. The van der Waals surface area contributed by atoms with Crippen molar-refractivity contribution in [1.29, 1.82) is 0 Å². The first-order valence-corrected chi connectivity index (χ1v) is 8.51. The van der Waals surface area contributed by atoms with Crippen LogP contribution in [0.15, 0.2) is 24.3 Å². The summed E-state index contributed by atoms with van der Waals surface area (Å²) in [6.45, 7) is 7.33. The van der Waals surface area contributed by atoms with Gasteiger partial charge in [0.25, 0.3) is 0 Å². The number of nitrogens with zero attached hydrogens (tertiary/aromatic N) is 4. The Morgan fingerprint density at radius 1 is 1.15 bits per heavy atom. The third-order valence-corrected chi connectivity index (χ3v) is 4.71. The fraction of sp³-hybridized carbons (Fsp3) is 0.350. The molecular weight excluding hydrogens is 345 g/mol. The van der Waals surface area contributed by atoms with Crippen LogP contribution in [-0.2, 0) is 7.05 Å². The van der Waals surface area contributed by atoms with Crippen LogP contribution in [0.2, 0.25) is 0 Å². The van der Waals surface area contributed by atoms with E-state index >= 15 is 0 Å². The highest BCUT2D eigenvalue weighted by molar-refractivity contribution is 5.85. The van der Waals surface area contributed by atoms with Crippen molar-refractivity contribution in [3.8, 4) is 23.2 Å². The number of halogens is 1. The standard InChI is InChI=1S/C20H22FN5O/c1-19(2,3)20(4,27)10-9-14-23-16(22)15-18(24-14)26(5)17(25-15)12-7-6-8-13(21)11-12/h6-8,11,27H,1-5H3,(H2,22,23,24). The third kappa shape index (κ3) is 3.49. The molecule has 0 aliphatic carbocycles. The van der Waals surface area contributed by atoms with Gasteiger partial charge in [0.05, 0.1) is 0 Å². The normalized spacial score (nSPS) is 13.9. The zero-order valence-electron chi connectivity index (χ0n) is 16.0. The van der Waals surface area contributed by atoms with Crippen LogP contribution < -0.4 is 5.73 Å². The molecule has 0 aliphatic heterocycles. The molecule has 6 nitrogen and oxygen atoms in total. The first kappa shape index (κ1) is 18.8. The van der Waals surface area contributed by atoms with Crippen LogP contribution in [0.25, 0.3) is 22.6 Å². The Hall–Kier alpha value is -2.98. The summed E-state index contributed by atoms with van der Waals surface area (Å²) in [6, 6.07) is 6.14. The first-order valence-electron chi connectivity index (χ1n) is 8.51. The molecule has 0 aliphatic rings. The molecule has 1 unspecified atom stereocenters. The van der Waals surface area contributed by atoms with Crippen LogP contribution in [0.5, 0.6) is 0 Å². The first-order chi connectivity index (χ1) is 12.5. The van der Waals surface area contributed by atoms with E-state index in [1.165, 1.54) is 12.1 Å². The SMILES string of the molecule is Cn1c(-c2cccc(F)c2)nc2c(N)nc(C#CC(C)(O)C(C)(C)C)nc21. The summed E-state index contributed by atoms with van der Waals surface area (Å²) >= 11 is 0. The Kier molecular flexibility index (Phi) is 4.40. The number of fused-ring (bicyclic) bond motifs is 1. The summed E-state index contributed by atoms with van der Waals surface area (Å²) in [4.78, 5) is 13.1. The molecule has 0 saturated carbocycles. The van der Waals surface area contributed by atoms with Gasteiger partial charge < -0.3 is 15.4 Å². The molecule has 0 spiro atoms. The fourth-order valence-electron chi connectivity index (χ4n) is 2.39. The Bertz CT molecular complexity index is 1080. The third-order valence-electron chi connectivity index (χ3n) is 4.71. The minimum Gasteiger partial charge on any atom is -0.382 e. The van der Waals surface area contributed by atoms with Gasteiger partial charge in [0.1, 0.15) is 17.2 Å². The van der Waals surface area contributed by atoms with Crippen LogP contribution in [0, 0.1) is 23.1 Å². The number of aliphatic hydroxyl groups is 1. The van der Waals surface area contributed by atoms with Crippen molar-refractivity contribution in [2.24, 2.45) is 12.5 Å². The number of hydrogen-bond donors (Lipinski definition) is 2. The molecule has 3 N–H and O–H groups in total. The largest absolute Gasteiger partial charge is 0.382 e. The minimum absolute atomic E-state index is 0.179. The Morgan fingerprint density at radius 2 is 1.85 bits per heavy atom. The monoisotopic (exact) mass is 367 g/mol. The lowest BCUT2D eigenvalue weighted by atomic mass is 9.78. The van der Waals surface area contributed by atoms with E-state index in [0.29, 0.717) is 22.6 Å². The number of nitrogens with two attached hydrogens (primary N) is 1. The predicted octanol–water partition coefficient (Wildman–Crippen LogP) is 2.90. The predicted molar refractivity (Wildman–Crippen MR) is 103 cm³/mol. The molecule has 1 atom stereocenters. The number of imidazole rings is 1. The average molecular weight is 367 g/mol. The number of aromatic nitrogens is 4. The van der Waals surface area contributed by atoms with E-state index in [9.17, 15) is 9.50 Å². The molecule has 2 heterocycles. The summed E-state index contributed by atoms with van der Waals surface area (Å²) in [5.74, 6) is 6.17. The van der Waals surface area contributed by atoms with Crippen molar-refractivity contribution >= 4 is 17.0 Å². The van der Waals surface area contributed by atoms with Crippen molar-refractivity contribution in [1.82, 2.24) is 19.5 Å². The Balaban J connectivity index is 2.12. The maximum atomic E-state index is 13.6. The van der Waals surface area contributed by atoms with Crippen LogP contribution in [0.3, 0.4) is 0 Å². The van der Waals surface area contributed by atoms with E-state index in [1.54, 1.807) is 30.7 Å². The molecule has 0 saturated heterocycles. The van der Waals surface area contributed by atoms with E-state index < -0.39 is 11.0 Å². The highest BCUT2D eigenvalue weighted by Gasteiger charge is 2.33. The molecule has 0 radical (unpaired) electrons. The van der Waals surface area contributed by atoms with Crippen molar-refractivity contribution in [3.63, 3.8) is 0 Å². The van der Waals surface area contributed by atoms with E-state index in [0.717, 1.165) is 0 Å². The van der Waals surface area contributed by atoms with Gasteiger partial charge in [-0.25, -0.2) is 19.3 Å². The van der Waals surface area contributed by atoms with Gasteiger partial charge in [0, 0.05) is 18.0 Å². The van der Waals surface area contributed by atoms with Gasteiger partial charge in [-0.05, 0) is 25.0 Å². The lowest BCUT2D eigenvalue weighted by molar-refractivity contribution is 0.0128. The van der Waals surface area contributed by atoms with Crippen LogP contribution in [0.4, 0.5) is 10.2 Å². The summed E-state index contributed by atoms with van der Waals surface area (Å²) in [6.07, 6.45) is 0. The molecule has 2 aromatic heterocycles. The topological polar surface area (TPSA) is 89.9 Å². The highest BCUT2D eigenvalue weighted by atomic mass is 19.1. The van der Waals surface area contributed by atoms with E-state index in [-0.39, 0.29) is 17.5 Å². The lowest BCUT2D eigenvalue weighted by Crippen LogP contribution is -2.38. The van der Waals surface area contributed by atoms with E-state index in [2.05, 4.69) is 26.8 Å². The lowest BCUT2D eigenvalue weighted by Gasteiger charge is -2.32. The maximum absolute atomic E-state index is 13.6. The average Bonchev–Trinajstić information content (AvgIpc) is 2.90. The summed E-state index contributed by atoms with van der Waals surface area (Å²) in [5.41, 5.74) is 5.90. The number of benzene rings is 1. The molecule has 1 aromatic carbocycles. The smallest absolute Gasteiger partial charge is 0.209 e. The van der Waals surface area contributed by atoms with Gasteiger partial charge in [-0.15, -0.1) is 0 Å². The zero-order valence-corrected chi connectivity index (χ0v) is 16.0. The van der Waals surface area contributed by atoms with E-state index in [1.807, 2.05) is 20.8 Å². The second kappa shape index (κ2) is 6.32. The molecule has 3 aromatic rings. The second-order valence-electron chi connectivity index (χ2n) is 7.68. The van der Waals surface area contributed by atoms with Crippen molar-refractivity contribution < 1.29 is 9.50 Å². The van der Waals surface area contributed by atoms with Gasteiger partial charge in [-0.2, -0.15) is 0 Å². The molecule has 3 rings (SSSR count). The van der Waals surface area contributed by atoms with E-state index in [4.69, 9.17) is 5.73 Å². The Morgan fingerprint density at radius 3 is 2.48 bits per heavy atom. The molecule has 140 valence electrons. The zero-order chi connectivity index (χ0) is 20.0. The molecule has 27 heavy (non-hydrogen) atoms. The van der Waals surface area contributed by atoms with Crippen LogP contribution in [0.1, 0.15) is 33.5 Å². The van der Waals surface area contributed by atoms with Crippen molar-refractivity contribution in [3.05, 3.63) is 35.9 Å². The molecular formula is C20H22FN5O. The van der Waals surface area contributed by atoms with Crippen LogP contribution >= 0.6 is 0 Å². The molecule has 0 bridgehead atoms. The summed E-state index contributed by atoms with van der Waals surface area (Å²) < 4.78 is 15.3. The summed E-state index contributed by atoms with van der Waals surface area (Å²) in [5, 5.41) is 10.5. The molecule has 7 heteroatoms. The molecule has 0 fully saturated rings. The van der Waals surface area contributed by atoms with Gasteiger partial charge in [-0.3, -0.25) is 0 Å². The Labute approximate surface area is 157 Å². The maximum Gasteiger partial charge on any atom is 0.209 e. The van der Waals surface area contributed by atoms with Crippen molar-refractivity contribution in [2.75, 3.05) is 5.73 Å². The number of nitrogen functional groups attached to an aromatic ring is 1. The quantitative estimate of drug-likeness (QED) is 0.646. The van der Waals surface area contributed by atoms with Gasteiger partial charge in [0.15, 0.2) is 17.0 Å². The fourth-order valence-corrected chi connectivity index (χ4v) is 2.39. The van der Waals surface area contributed by atoms with Crippen molar-refractivity contribution in [2.45, 2.75) is 33.3 Å². The second-order valence-corrected chi connectivity index (χ2v) is 7.68.